The number of rotatable bonds is 7. The van der Waals surface area contributed by atoms with Gasteiger partial charge < -0.3 is 26.0 Å². The minimum Gasteiger partial charge on any atom is -0.382 e. The number of carbonyl (C=O) groups is 2. The van der Waals surface area contributed by atoms with Gasteiger partial charge in [0.15, 0.2) is 0 Å². The third-order valence-electron chi connectivity index (χ3n) is 6.50. The summed E-state index contributed by atoms with van der Waals surface area (Å²) in [4.78, 5) is 29.9. The second kappa shape index (κ2) is 10.6. The zero-order chi connectivity index (χ0) is 26.0. The van der Waals surface area contributed by atoms with E-state index in [0.29, 0.717) is 5.56 Å². The van der Waals surface area contributed by atoms with Gasteiger partial charge in [0.05, 0.1) is 31.2 Å². The smallest absolute Gasteiger partial charge is 0.382 e. The van der Waals surface area contributed by atoms with Crippen LogP contribution in [0.15, 0.2) is 18.3 Å². The van der Waals surface area contributed by atoms with Gasteiger partial charge in [-0.1, -0.05) is 0 Å². The van der Waals surface area contributed by atoms with E-state index < -0.39 is 60.8 Å². The molecule has 35 heavy (non-hydrogen) atoms. The predicted octanol–water partition coefficient (Wildman–Crippen LogP) is 3.36. The summed E-state index contributed by atoms with van der Waals surface area (Å²) in [5, 5.41) is 4.41. The molecule has 1 saturated heterocycles. The Kier molecular flexibility index (Phi) is 8.14. The molecule has 2 aliphatic rings. The van der Waals surface area contributed by atoms with E-state index >= 15 is 0 Å². The van der Waals surface area contributed by atoms with Crippen molar-refractivity contribution in [3.63, 3.8) is 0 Å². The monoisotopic (exact) mass is 511 g/mol. The van der Waals surface area contributed by atoms with Gasteiger partial charge in [0.1, 0.15) is 11.9 Å². The summed E-state index contributed by atoms with van der Waals surface area (Å²) >= 11 is 0. The number of ether oxygens (including phenoxy) is 1. The highest BCUT2D eigenvalue weighted by Gasteiger charge is 2.48. The number of amides is 3. The highest BCUT2D eigenvalue weighted by Crippen LogP contribution is 2.40. The van der Waals surface area contributed by atoms with Crippen molar-refractivity contribution >= 4 is 17.8 Å². The van der Waals surface area contributed by atoms with Crippen LogP contribution in [-0.4, -0.2) is 66.5 Å². The highest BCUT2D eigenvalue weighted by molar-refractivity contribution is 5.94. The summed E-state index contributed by atoms with van der Waals surface area (Å²) in [5.74, 6) is -2.42. The van der Waals surface area contributed by atoms with E-state index in [-0.39, 0.29) is 38.1 Å². The normalized spacial score (nSPS) is 25.2. The number of nitrogens with one attached hydrogen (secondary N) is 2. The maximum atomic E-state index is 13.1. The van der Waals surface area contributed by atoms with E-state index in [1.165, 1.54) is 25.4 Å². The van der Waals surface area contributed by atoms with Gasteiger partial charge in [-0.3, -0.25) is 4.79 Å². The minimum absolute atomic E-state index is 0.0417. The van der Waals surface area contributed by atoms with E-state index in [2.05, 4.69) is 10.3 Å². The number of carbonyl (C=O) groups excluding carboxylic acids is 2. The Labute approximate surface area is 197 Å². The van der Waals surface area contributed by atoms with Gasteiger partial charge in [-0.2, -0.15) is 26.3 Å². The molecular formula is C21H27F6N5O3. The average molecular weight is 511 g/mol. The second-order valence-electron chi connectivity index (χ2n) is 8.81. The lowest BCUT2D eigenvalue weighted by atomic mass is 9.78. The molecule has 0 radical (unpaired) electrons. The number of nitrogens with two attached hydrogens (primary N) is 1. The fraction of sp³-hybridized carbons (Fsp3) is 0.667. The molecule has 4 N–H and O–H groups in total. The Morgan fingerprint density at radius 1 is 1.23 bits per heavy atom. The molecule has 1 aliphatic carbocycles. The number of hydrogen-bond donors (Lipinski definition) is 3. The first-order valence-corrected chi connectivity index (χ1v) is 11.0. The maximum Gasteiger partial charge on any atom is 0.410 e. The molecule has 8 nitrogen and oxygen atoms in total. The molecule has 1 aliphatic heterocycles. The number of halogens is 6. The number of alkyl halides is 6. The molecule has 3 rings (SSSR count). The van der Waals surface area contributed by atoms with Gasteiger partial charge in [-0.25, -0.2) is 9.78 Å². The molecule has 0 unspecified atom stereocenters. The van der Waals surface area contributed by atoms with Gasteiger partial charge in [0, 0.05) is 13.3 Å². The number of aromatic nitrogens is 1. The first-order chi connectivity index (χ1) is 16.3. The standard InChI is InChI=1S/C21H27F6N5O3/c1-35-10-14(32-9-15(21(25,26)27)30-19(32)34)12-6-7-29-16(8-12)31-18(33)17(28)11-2-4-13(5-3-11)20(22,23)24/h6-8,11,13-15,17H,2-5,9-10,28H2,1H3,(H,30,34)(H,29,31,33)/t11?,13?,14-,15+,17+/m1/s1. The van der Waals surface area contributed by atoms with Crippen molar-refractivity contribution in [3.05, 3.63) is 23.9 Å². The second-order valence-corrected chi connectivity index (χ2v) is 8.81. The van der Waals surface area contributed by atoms with Crippen LogP contribution in [0.2, 0.25) is 0 Å². The van der Waals surface area contributed by atoms with Crippen molar-refractivity contribution in [2.24, 2.45) is 17.6 Å². The molecule has 2 fully saturated rings. The third-order valence-corrected chi connectivity index (χ3v) is 6.50. The molecule has 3 amide bonds. The zero-order valence-corrected chi connectivity index (χ0v) is 18.8. The van der Waals surface area contributed by atoms with Crippen molar-refractivity contribution in [2.75, 3.05) is 25.6 Å². The first-order valence-electron chi connectivity index (χ1n) is 11.0. The van der Waals surface area contributed by atoms with Crippen molar-refractivity contribution in [1.29, 1.82) is 0 Å². The quantitative estimate of drug-likeness (QED) is 0.487. The summed E-state index contributed by atoms with van der Waals surface area (Å²) in [5.41, 5.74) is 6.37. The summed E-state index contributed by atoms with van der Waals surface area (Å²) in [7, 11) is 1.33. The lowest BCUT2D eigenvalue weighted by Crippen LogP contribution is -2.44. The van der Waals surface area contributed by atoms with Gasteiger partial charge in [0.25, 0.3) is 0 Å². The van der Waals surface area contributed by atoms with Crippen LogP contribution in [0.1, 0.15) is 37.3 Å². The summed E-state index contributed by atoms with van der Waals surface area (Å²) in [6.45, 7) is -0.733. The molecular weight excluding hydrogens is 484 g/mol. The lowest BCUT2D eigenvalue weighted by molar-refractivity contribution is -0.184. The van der Waals surface area contributed by atoms with Gasteiger partial charge >= 0.3 is 18.4 Å². The van der Waals surface area contributed by atoms with Gasteiger partial charge in [-0.15, -0.1) is 0 Å². The van der Waals surface area contributed by atoms with E-state index in [9.17, 15) is 35.9 Å². The lowest BCUT2D eigenvalue weighted by Gasteiger charge is -2.32. The third kappa shape index (κ3) is 6.54. The van der Waals surface area contributed by atoms with Crippen LogP contribution in [0.3, 0.4) is 0 Å². The molecule has 14 heteroatoms. The number of pyridine rings is 1. The van der Waals surface area contributed by atoms with Crippen LogP contribution in [0.4, 0.5) is 37.0 Å². The van der Waals surface area contributed by atoms with Crippen LogP contribution in [0.25, 0.3) is 0 Å². The molecule has 1 aromatic heterocycles. The first kappa shape index (κ1) is 27.0. The number of anilines is 1. The van der Waals surface area contributed by atoms with Crippen molar-refractivity contribution in [3.8, 4) is 0 Å². The number of methoxy groups -OCH3 is 1. The van der Waals surface area contributed by atoms with E-state index in [1.54, 1.807) is 0 Å². The summed E-state index contributed by atoms with van der Waals surface area (Å²) in [6.07, 6.45) is -7.46. The molecule has 0 spiro atoms. The molecule has 1 saturated carbocycles. The predicted molar refractivity (Wildman–Crippen MR) is 112 cm³/mol. The van der Waals surface area contributed by atoms with Crippen LogP contribution in [0.5, 0.6) is 0 Å². The van der Waals surface area contributed by atoms with Gasteiger partial charge in [0.2, 0.25) is 5.91 Å². The van der Waals surface area contributed by atoms with Crippen LogP contribution in [0, 0.1) is 11.8 Å². The summed E-state index contributed by atoms with van der Waals surface area (Å²) < 4.78 is 83.0. The average Bonchev–Trinajstić information content (AvgIpc) is 3.18. The molecule has 196 valence electrons. The molecule has 0 aromatic carbocycles. The SMILES string of the molecule is COC[C@H](c1ccnc(NC(=O)[C@@H](N)C2CCC(C(F)(F)F)CC2)c1)N1C[C@@H](C(F)(F)F)NC1=O. The number of nitrogens with zero attached hydrogens (tertiary/aromatic N) is 2. The van der Waals surface area contributed by atoms with Crippen molar-refractivity contribution in [2.45, 2.75) is 56.2 Å². The highest BCUT2D eigenvalue weighted by atomic mass is 19.4. The zero-order valence-electron chi connectivity index (χ0n) is 18.8. The minimum atomic E-state index is -4.62. The van der Waals surface area contributed by atoms with Crippen molar-refractivity contribution in [1.82, 2.24) is 15.2 Å². The molecule has 1 aromatic rings. The fourth-order valence-corrected chi connectivity index (χ4v) is 4.49. The summed E-state index contributed by atoms with van der Waals surface area (Å²) in [6, 6.07) is -2.01. The van der Waals surface area contributed by atoms with Crippen molar-refractivity contribution < 1.29 is 40.7 Å². The fourth-order valence-electron chi connectivity index (χ4n) is 4.49. The van der Waals surface area contributed by atoms with E-state index in [1.807, 2.05) is 5.32 Å². The number of hydrogen-bond acceptors (Lipinski definition) is 5. The molecule has 2 heterocycles. The van der Waals surface area contributed by atoms with Gasteiger partial charge in [-0.05, 0) is 49.3 Å². The number of urea groups is 1. The maximum absolute atomic E-state index is 13.1. The molecule has 3 atom stereocenters. The Morgan fingerprint density at radius 2 is 1.89 bits per heavy atom. The Morgan fingerprint density at radius 3 is 2.43 bits per heavy atom. The van der Waals surface area contributed by atoms with Crippen LogP contribution < -0.4 is 16.4 Å². The largest absolute Gasteiger partial charge is 0.410 e. The van der Waals surface area contributed by atoms with Crippen LogP contribution >= 0.6 is 0 Å². The Hall–Kier alpha value is -2.61. The topological polar surface area (TPSA) is 110 Å². The van der Waals surface area contributed by atoms with Crippen LogP contribution in [-0.2, 0) is 9.53 Å². The molecule has 0 bridgehead atoms. The Bertz CT molecular complexity index is 904. The van der Waals surface area contributed by atoms with E-state index in [4.69, 9.17) is 10.5 Å². The van der Waals surface area contributed by atoms with E-state index in [0.717, 1.165) is 4.90 Å². The Balaban J connectivity index is 1.67.